The quantitative estimate of drug-likeness (QED) is 0.799. The summed E-state index contributed by atoms with van der Waals surface area (Å²) in [5.74, 6) is 0.905. The summed E-state index contributed by atoms with van der Waals surface area (Å²) >= 11 is 6.98. The molecule has 1 unspecified atom stereocenters. The molecule has 0 spiro atoms. The first-order valence-corrected chi connectivity index (χ1v) is 7.91. The van der Waals surface area contributed by atoms with Crippen molar-refractivity contribution < 1.29 is 9.84 Å². The van der Waals surface area contributed by atoms with E-state index in [4.69, 9.17) is 4.74 Å². The van der Waals surface area contributed by atoms with Crippen molar-refractivity contribution in [2.75, 3.05) is 13.7 Å². The van der Waals surface area contributed by atoms with Gasteiger partial charge < -0.3 is 9.84 Å². The molecule has 0 amide bonds. The Labute approximate surface area is 136 Å². The lowest BCUT2D eigenvalue weighted by molar-refractivity contribution is 0.264. The largest absolute Gasteiger partial charge is 0.497 e. The average Bonchev–Trinajstić information content (AvgIpc) is 2.47. The molecule has 1 N–H and O–H groups in total. The summed E-state index contributed by atoms with van der Waals surface area (Å²) in [6, 6.07) is 14.0. The molecule has 2 aromatic carbocycles. The molecule has 0 radical (unpaired) electrons. The standard InChI is InChI=1S/C16H16Br2O2/c1-20-15-6-7-16(18)12(9-15)8-13(10-19)11-2-4-14(17)5-3-11/h2-7,9,13,19H,8,10H2,1H3. The number of hydrogen-bond donors (Lipinski definition) is 1. The molecule has 0 bridgehead atoms. The second-order valence-corrected chi connectivity index (χ2v) is 6.36. The van der Waals surface area contributed by atoms with Gasteiger partial charge >= 0.3 is 0 Å². The predicted molar refractivity (Wildman–Crippen MR) is 88.4 cm³/mol. The van der Waals surface area contributed by atoms with E-state index in [0.29, 0.717) is 0 Å². The van der Waals surface area contributed by atoms with Crippen LogP contribution in [0.2, 0.25) is 0 Å². The highest BCUT2D eigenvalue weighted by molar-refractivity contribution is 9.10. The van der Waals surface area contributed by atoms with Crippen molar-refractivity contribution in [1.82, 2.24) is 0 Å². The van der Waals surface area contributed by atoms with Gasteiger partial charge in [-0.2, -0.15) is 0 Å². The summed E-state index contributed by atoms with van der Waals surface area (Å²) in [7, 11) is 1.66. The van der Waals surface area contributed by atoms with Crippen molar-refractivity contribution in [3.8, 4) is 5.75 Å². The lowest BCUT2D eigenvalue weighted by Gasteiger charge is -2.16. The number of halogens is 2. The molecule has 106 valence electrons. The van der Waals surface area contributed by atoms with E-state index >= 15 is 0 Å². The third-order valence-corrected chi connectivity index (χ3v) is 4.58. The Morgan fingerprint density at radius 1 is 1.10 bits per heavy atom. The normalized spacial score (nSPS) is 12.2. The van der Waals surface area contributed by atoms with E-state index in [2.05, 4.69) is 31.9 Å². The van der Waals surface area contributed by atoms with E-state index < -0.39 is 0 Å². The van der Waals surface area contributed by atoms with E-state index in [-0.39, 0.29) is 12.5 Å². The van der Waals surface area contributed by atoms with E-state index in [1.54, 1.807) is 7.11 Å². The van der Waals surface area contributed by atoms with Crippen LogP contribution < -0.4 is 4.74 Å². The van der Waals surface area contributed by atoms with Gasteiger partial charge in [0, 0.05) is 14.9 Å². The van der Waals surface area contributed by atoms with Gasteiger partial charge in [0.05, 0.1) is 13.7 Å². The van der Waals surface area contributed by atoms with Crippen LogP contribution in [0.5, 0.6) is 5.75 Å². The van der Waals surface area contributed by atoms with Crippen LogP contribution in [-0.2, 0) is 6.42 Å². The molecule has 0 aliphatic carbocycles. The van der Waals surface area contributed by atoms with E-state index in [0.717, 1.165) is 32.2 Å². The lowest BCUT2D eigenvalue weighted by Crippen LogP contribution is -2.08. The number of rotatable bonds is 5. The van der Waals surface area contributed by atoms with Crippen molar-refractivity contribution in [2.45, 2.75) is 12.3 Å². The lowest BCUT2D eigenvalue weighted by atomic mass is 9.93. The molecule has 2 nitrogen and oxygen atoms in total. The van der Waals surface area contributed by atoms with Gasteiger partial charge in [-0.15, -0.1) is 0 Å². The summed E-state index contributed by atoms with van der Waals surface area (Å²) in [4.78, 5) is 0. The van der Waals surface area contributed by atoms with Crippen LogP contribution in [-0.4, -0.2) is 18.8 Å². The van der Waals surface area contributed by atoms with Gasteiger partial charge in [0.25, 0.3) is 0 Å². The SMILES string of the molecule is COc1ccc(Br)c(CC(CO)c2ccc(Br)cc2)c1. The average molecular weight is 400 g/mol. The smallest absolute Gasteiger partial charge is 0.119 e. The molecule has 0 heterocycles. The molecule has 0 aliphatic rings. The number of aliphatic hydroxyl groups is 1. The molecule has 2 rings (SSSR count). The van der Waals surface area contributed by atoms with Gasteiger partial charge in [-0.05, 0) is 47.9 Å². The molecule has 0 saturated carbocycles. The number of ether oxygens (including phenoxy) is 1. The number of hydrogen-bond acceptors (Lipinski definition) is 2. The molecule has 0 saturated heterocycles. The highest BCUT2D eigenvalue weighted by atomic mass is 79.9. The highest BCUT2D eigenvalue weighted by Crippen LogP contribution is 2.29. The molecule has 4 heteroatoms. The highest BCUT2D eigenvalue weighted by Gasteiger charge is 2.14. The molecule has 2 aromatic rings. The van der Waals surface area contributed by atoms with E-state index in [1.807, 2.05) is 42.5 Å². The van der Waals surface area contributed by atoms with Crippen molar-refractivity contribution in [2.24, 2.45) is 0 Å². The van der Waals surface area contributed by atoms with Gasteiger partial charge in [0.15, 0.2) is 0 Å². The second kappa shape index (κ2) is 7.25. The van der Waals surface area contributed by atoms with Gasteiger partial charge in [0.1, 0.15) is 5.75 Å². The molecule has 0 aliphatic heterocycles. The van der Waals surface area contributed by atoms with Gasteiger partial charge in [0.2, 0.25) is 0 Å². The Hall–Kier alpha value is -0.840. The van der Waals surface area contributed by atoms with Gasteiger partial charge in [-0.3, -0.25) is 0 Å². The summed E-state index contributed by atoms with van der Waals surface area (Å²) in [5.41, 5.74) is 2.26. The summed E-state index contributed by atoms with van der Waals surface area (Å²) in [5, 5.41) is 9.67. The monoisotopic (exact) mass is 398 g/mol. The van der Waals surface area contributed by atoms with E-state index in [1.165, 1.54) is 0 Å². The minimum Gasteiger partial charge on any atom is -0.497 e. The number of aliphatic hydroxyl groups excluding tert-OH is 1. The van der Waals surface area contributed by atoms with Crippen molar-refractivity contribution in [3.05, 3.63) is 62.5 Å². The first-order valence-electron chi connectivity index (χ1n) is 6.32. The fourth-order valence-corrected chi connectivity index (χ4v) is 2.80. The third-order valence-electron chi connectivity index (χ3n) is 3.28. The van der Waals surface area contributed by atoms with Crippen LogP contribution in [0.4, 0.5) is 0 Å². The minimum absolute atomic E-state index is 0.0755. The van der Waals surface area contributed by atoms with Crippen molar-refractivity contribution in [1.29, 1.82) is 0 Å². The first-order chi connectivity index (χ1) is 9.63. The van der Waals surface area contributed by atoms with Crippen LogP contribution in [0.1, 0.15) is 17.0 Å². The molecule has 1 atom stereocenters. The zero-order chi connectivity index (χ0) is 14.5. The van der Waals surface area contributed by atoms with Crippen molar-refractivity contribution >= 4 is 31.9 Å². The molecular weight excluding hydrogens is 384 g/mol. The first kappa shape index (κ1) is 15.5. The third kappa shape index (κ3) is 3.84. The maximum atomic E-state index is 9.67. The summed E-state index contributed by atoms with van der Waals surface area (Å²) in [6.07, 6.45) is 0.760. The van der Waals surface area contributed by atoms with Crippen LogP contribution in [0.15, 0.2) is 51.4 Å². The maximum absolute atomic E-state index is 9.67. The predicted octanol–water partition coefficient (Wildman–Crippen LogP) is 4.54. The Morgan fingerprint density at radius 3 is 2.40 bits per heavy atom. The molecular formula is C16H16Br2O2. The fraction of sp³-hybridized carbons (Fsp3) is 0.250. The van der Waals surface area contributed by atoms with Crippen molar-refractivity contribution in [3.63, 3.8) is 0 Å². The minimum atomic E-state index is 0.0755. The van der Waals surface area contributed by atoms with Gasteiger partial charge in [-0.1, -0.05) is 44.0 Å². The number of methoxy groups -OCH3 is 1. The zero-order valence-corrected chi connectivity index (χ0v) is 14.3. The van der Waals surface area contributed by atoms with Crippen LogP contribution in [0.3, 0.4) is 0 Å². The molecule has 20 heavy (non-hydrogen) atoms. The Bertz CT molecular complexity index is 567. The Balaban J connectivity index is 2.23. The maximum Gasteiger partial charge on any atom is 0.119 e. The Morgan fingerprint density at radius 2 is 1.80 bits per heavy atom. The van der Waals surface area contributed by atoms with E-state index in [9.17, 15) is 5.11 Å². The van der Waals surface area contributed by atoms with Crippen LogP contribution in [0, 0.1) is 0 Å². The second-order valence-electron chi connectivity index (χ2n) is 4.59. The zero-order valence-electron chi connectivity index (χ0n) is 11.1. The number of benzene rings is 2. The molecule has 0 fully saturated rings. The van der Waals surface area contributed by atoms with Crippen LogP contribution in [0.25, 0.3) is 0 Å². The van der Waals surface area contributed by atoms with Gasteiger partial charge in [-0.25, -0.2) is 0 Å². The fourth-order valence-electron chi connectivity index (χ4n) is 2.12. The summed E-state index contributed by atoms with van der Waals surface area (Å²) in [6.45, 7) is 0.116. The summed E-state index contributed by atoms with van der Waals surface area (Å²) < 4.78 is 7.34. The van der Waals surface area contributed by atoms with Crippen LogP contribution >= 0.6 is 31.9 Å². The molecule has 0 aromatic heterocycles. The topological polar surface area (TPSA) is 29.5 Å². The Kier molecular flexibility index (Phi) is 5.64.